The van der Waals surface area contributed by atoms with E-state index in [-0.39, 0.29) is 25.7 Å². The molecule has 17 nitrogen and oxygen atoms in total. The molecule has 0 aliphatic rings. The summed E-state index contributed by atoms with van der Waals surface area (Å²) in [7, 11) is -9.91. The molecular weight excluding hydrogens is 1200 g/mol. The Balaban J connectivity index is 5.23. The second-order valence-corrected chi connectivity index (χ2v) is 30.6. The van der Waals surface area contributed by atoms with Crippen LogP contribution in [0.5, 0.6) is 0 Å². The maximum Gasteiger partial charge on any atom is 0.472 e. The predicted octanol–water partition coefficient (Wildman–Crippen LogP) is 20.5. The number of ether oxygens (including phenoxy) is 4. The summed E-state index contributed by atoms with van der Waals surface area (Å²) in [5, 5.41) is 10.6. The number of hydrogen-bond donors (Lipinski definition) is 3. The van der Waals surface area contributed by atoms with Crippen molar-refractivity contribution in [3.05, 3.63) is 0 Å². The lowest BCUT2D eigenvalue weighted by atomic mass is 9.99. The average molecular weight is 1340 g/mol. The third-order valence-electron chi connectivity index (χ3n) is 16.9. The van der Waals surface area contributed by atoms with Crippen LogP contribution in [0.2, 0.25) is 0 Å². The number of aliphatic hydroxyl groups excluding tert-OH is 1. The number of phosphoric ester groups is 2. The molecule has 540 valence electrons. The minimum atomic E-state index is -4.95. The molecule has 0 amide bonds. The van der Waals surface area contributed by atoms with Gasteiger partial charge in [-0.25, -0.2) is 9.13 Å². The zero-order valence-corrected chi connectivity index (χ0v) is 61.3. The van der Waals surface area contributed by atoms with Crippen molar-refractivity contribution >= 4 is 39.5 Å². The fourth-order valence-corrected chi connectivity index (χ4v) is 12.4. The summed E-state index contributed by atoms with van der Waals surface area (Å²) < 4.78 is 68.3. The van der Waals surface area contributed by atoms with Crippen LogP contribution in [-0.4, -0.2) is 96.7 Å². The van der Waals surface area contributed by atoms with Gasteiger partial charge in [0.15, 0.2) is 12.2 Å². The number of carbonyl (C=O) groups is 4. The standard InChI is InChI=1S/C72H140O17P2/c1-9-65(8)51-43-35-26-22-23-27-36-44-52-69(74)82-58-67(88-71(76)54-46-38-28-20-16-14-12-10-11-13-15-18-24-32-40-48-62(2)3)60-86-90(78,79)84-56-66(73)57-85-91(80,81)87-61-68(59-83-70(75)53-45-37-31-30-34-42-50-64(6)7)89-72(77)55-47-39-29-21-17-19-25-33-41-49-63(4)5/h62-68,73H,9-61H2,1-8H3,(H,78,79)(H,80,81)/t65?,66-,67-,68-/m1/s1. The quantitative estimate of drug-likeness (QED) is 0.0222. The molecule has 91 heavy (non-hydrogen) atoms. The lowest BCUT2D eigenvalue weighted by Gasteiger charge is -2.21. The number of carbonyl (C=O) groups excluding carboxylic acids is 4. The van der Waals surface area contributed by atoms with Crippen molar-refractivity contribution in [3.63, 3.8) is 0 Å². The summed E-state index contributed by atoms with van der Waals surface area (Å²) in [6.07, 6.45) is 44.6. The van der Waals surface area contributed by atoms with Gasteiger partial charge in [0.05, 0.1) is 26.4 Å². The number of aliphatic hydroxyl groups is 1. The Morgan fingerprint density at radius 3 is 0.780 bits per heavy atom. The fraction of sp³-hybridized carbons (Fsp3) is 0.944. The number of esters is 4. The van der Waals surface area contributed by atoms with Gasteiger partial charge in [-0.05, 0) is 49.4 Å². The molecule has 0 aromatic rings. The number of phosphoric acid groups is 2. The maximum atomic E-state index is 13.0. The van der Waals surface area contributed by atoms with Crippen molar-refractivity contribution in [1.82, 2.24) is 0 Å². The van der Waals surface area contributed by atoms with Gasteiger partial charge in [0.2, 0.25) is 0 Å². The fourth-order valence-electron chi connectivity index (χ4n) is 10.8. The van der Waals surface area contributed by atoms with Crippen LogP contribution in [0.25, 0.3) is 0 Å². The molecule has 3 unspecified atom stereocenters. The van der Waals surface area contributed by atoms with Gasteiger partial charge < -0.3 is 33.8 Å². The van der Waals surface area contributed by atoms with Gasteiger partial charge in [-0.2, -0.15) is 0 Å². The minimum Gasteiger partial charge on any atom is -0.462 e. The minimum absolute atomic E-state index is 0.104. The van der Waals surface area contributed by atoms with Gasteiger partial charge in [0.1, 0.15) is 19.3 Å². The van der Waals surface area contributed by atoms with Gasteiger partial charge in [-0.3, -0.25) is 37.3 Å². The summed E-state index contributed by atoms with van der Waals surface area (Å²) in [5.74, 6) is 0.867. The number of rotatable bonds is 69. The molecular formula is C72H140O17P2. The molecule has 3 N–H and O–H groups in total. The van der Waals surface area contributed by atoms with E-state index in [0.29, 0.717) is 31.6 Å². The highest BCUT2D eigenvalue weighted by Crippen LogP contribution is 2.45. The Hall–Kier alpha value is -1.94. The zero-order valence-electron chi connectivity index (χ0n) is 59.5. The topological polar surface area (TPSA) is 237 Å². The largest absolute Gasteiger partial charge is 0.472 e. The van der Waals surface area contributed by atoms with Gasteiger partial charge in [0, 0.05) is 25.7 Å². The molecule has 0 saturated heterocycles. The monoisotopic (exact) mass is 1340 g/mol. The molecule has 0 saturated carbocycles. The summed E-state index contributed by atoms with van der Waals surface area (Å²) in [6.45, 7) is 14.1. The van der Waals surface area contributed by atoms with Crippen molar-refractivity contribution in [2.45, 2.75) is 375 Å². The third kappa shape index (κ3) is 65.1. The van der Waals surface area contributed by atoms with Gasteiger partial charge >= 0.3 is 39.5 Å². The molecule has 0 aromatic heterocycles. The third-order valence-corrected chi connectivity index (χ3v) is 18.8. The van der Waals surface area contributed by atoms with E-state index >= 15 is 0 Å². The summed E-state index contributed by atoms with van der Waals surface area (Å²) in [5.41, 5.74) is 0. The smallest absolute Gasteiger partial charge is 0.462 e. The van der Waals surface area contributed by atoms with E-state index in [9.17, 15) is 43.2 Å². The highest BCUT2D eigenvalue weighted by atomic mass is 31.2. The van der Waals surface area contributed by atoms with Crippen LogP contribution in [0.4, 0.5) is 0 Å². The zero-order chi connectivity index (χ0) is 67.5. The van der Waals surface area contributed by atoms with Crippen molar-refractivity contribution in [2.24, 2.45) is 23.7 Å². The molecule has 0 rings (SSSR count). The highest BCUT2D eigenvalue weighted by Gasteiger charge is 2.30. The molecule has 0 aromatic carbocycles. The Morgan fingerprint density at radius 1 is 0.308 bits per heavy atom. The van der Waals surface area contributed by atoms with Gasteiger partial charge in [0.25, 0.3) is 0 Å². The van der Waals surface area contributed by atoms with Crippen LogP contribution in [-0.2, 0) is 65.4 Å². The first kappa shape index (κ1) is 89.1. The number of unbranched alkanes of at least 4 members (excludes halogenated alkanes) is 34. The maximum absolute atomic E-state index is 13.0. The normalized spacial score (nSPS) is 14.5. The Labute approximate surface area is 556 Å². The van der Waals surface area contributed by atoms with Crippen LogP contribution in [0.3, 0.4) is 0 Å². The van der Waals surface area contributed by atoms with Crippen LogP contribution >= 0.6 is 15.6 Å². The lowest BCUT2D eigenvalue weighted by molar-refractivity contribution is -0.161. The van der Waals surface area contributed by atoms with Crippen LogP contribution in [0, 0.1) is 23.7 Å². The Morgan fingerprint density at radius 2 is 0.527 bits per heavy atom. The molecule has 0 radical (unpaired) electrons. The predicted molar refractivity (Wildman–Crippen MR) is 367 cm³/mol. The van der Waals surface area contributed by atoms with E-state index < -0.39 is 97.5 Å². The van der Waals surface area contributed by atoms with E-state index in [4.69, 9.17) is 37.0 Å². The van der Waals surface area contributed by atoms with E-state index in [1.54, 1.807) is 0 Å². The van der Waals surface area contributed by atoms with Gasteiger partial charge in [-0.15, -0.1) is 0 Å². The van der Waals surface area contributed by atoms with Crippen molar-refractivity contribution in [1.29, 1.82) is 0 Å². The van der Waals surface area contributed by atoms with E-state index in [1.165, 1.54) is 154 Å². The molecule has 0 aliphatic heterocycles. The molecule has 0 aliphatic carbocycles. The highest BCUT2D eigenvalue weighted by molar-refractivity contribution is 7.47. The second kappa shape index (κ2) is 61.6. The van der Waals surface area contributed by atoms with Crippen molar-refractivity contribution in [3.8, 4) is 0 Å². The SMILES string of the molecule is CCC(C)CCCCCCCCCCC(=O)OC[C@H](COP(=O)(O)OC[C@@H](O)COP(=O)(O)OC[C@@H](COC(=O)CCCCCCCCC(C)C)OC(=O)CCCCCCCCCCCC(C)C)OC(=O)CCCCCCCCCCCCCCCCCC(C)C. The van der Waals surface area contributed by atoms with Crippen molar-refractivity contribution in [2.75, 3.05) is 39.6 Å². The van der Waals surface area contributed by atoms with Gasteiger partial charge in [-0.1, -0.05) is 306 Å². The molecule has 19 heteroatoms. The van der Waals surface area contributed by atoms with Crippen LogP contribution < -0.4 is 0 Å². The molecule has 0 fully saturated rings. The Kier molecular flexibility index (Phi) is 60.3. The first-order chi connectivity index (χ1) is 43.6. The van der Waals surface area contributed by atoms with Crippen LogP contribution in [0.15, 0.2) is 0 Å². The molecule has 6 atom stereocenters. The molecule has 0 heterocycles. The second-order valence-electron chi connectivity index (χ2n) is 27.6. The number of hydrogen-bond acceptors (Lipinski definition) is 15. The Bertz CT molecular complexity index is 1800. The summed E-state index contributed by atoms with van der Waals surface area (Å²) in [6, 6.07) is 0. The molecule has 0 bridgehead atoms. The van der Waals surface area contributed by atoms with Crippen LogP contribution in [0.1, 0.15) is 357 Å². The van der Waals surface area contributed by atoms with E-state index in [0.717, 1.165) is 114 Å². The summed E-state index contributed by atoms with van der Waals surface area (Å²) in [4.78, 5) is 72.6. The molecule has 0 spiro atoms. The van der Waals surface area contributed by atoms with Crippen molar-refractivity contribution < 1.29 is 80.2 Å². The first-order valence-electron chi connectivity index (χ1n) is 37.2. The average Bonchev–Trinajstić information content (AvgIpc) is 3.72. The first-order valence-corrected chi connectivity index (χ1v) is 40.2. The lowest BCUT2D eigenvalue weighted by Crippen LogP contribution is -2.30. The van der Waals surface area contributed by atoms with E-state index in [1.807, 2.05) is 0 Å². The van der Waals surface area contributed by atoms with E-state index in [2.05, 4.69) is 55.4 Å². The summed E-state index contributed by atoms with van der Waals surface area (Å²) >= 11 is 0.